The summed E-state index contributed by atoms with van der Waals surface area (Å²) in [5, 5.41) is 28.9. The number of phenols is 1. The number of carboxylic acid groups (broad SMARTS) is 1. The van der Waals surface area contributed by atoms with Crippen molar-refractivity contribution in [1.29, 1.82) is 0 Å². The van der Waals surface area contributed by atoms with Crippen LogP contribution in [0.4, 0.5) is 5.69 Å². The van der Waals surface area contributed by atoms with Crippen LogP contribution in [0.2, 0.25) is 0 Å². The summed E-state index contributed by atoms with van der Waals surface area (Å²) >= 11 is 6.03. The quantitative estimate of drug-likeness (QED) is 0.356. The van der Waals surface area contributed by atoms with Gasteiger partial charge in [-0.1, -0.05) is 30.0 Å². The van der Waals surface area contributed by atoms with Crippen molar-refractivity contribution in [3.8, 4) is 5.75 Å². The highest BCUT2D eigenvalue weighted by Gasteiger charge is 2.32. The number of aliphatic carboxylic acids is 1. The molecule has 8 nitrogen and oxygen atoms in total. The number of thiocarbonyl (C=S) groups is 1. The van der Waals surface area contributed by atoms with E-state index in [9.17, 15) is 24.8 Å². The van der Waals surface area contributed by atoms with Gasteiger partial charge in [0.15, 0.2) is 5.75 Å². The van der Waals surface area contributed by atoms with Crippen molar-refractivity contribution >= 4 is 51.9 Å². The van der Waals surface area contributed by atoms with Crippen LogP contribution in [-0.2, 0) is 9.59 Å². The van der Waals surface area contributed by atoms with Crippen LogP contribution in [0.25, 0.3) is 6.08 Å². The molecule has 0 saturated carbocycles. The molecular weight excluding hydrogens is 344 g/mol. The van der Waals surface area contributed by atoms with E-state index < -0.39 is 28.2 Å². The minimum atomic E-state index is -1.04. The zero-order valence-electron chi connectivity index (χ0n) is 11.5. The van der Waals surface area contributed by atoms with E-state index in [-0.39, 0.29) is 22.2 Å². The van der Waals surface area contributed by atoms with Gasteiger partial charge in [-0.3, -0.25) is 24.6 Å². The highest BCUT2D eigenvalue weighted by molar-refractivity contribution is 8.26. The van der Waals surface area contributed by atoms with Crippen molar-refractivity contribution < 1.29 is 24.7 Å². The second kappa shape index (κ2) is 6.75. The predicted molar refractivity (Wildman–Crippen MR) is 86.9 cm³/mol. The molecule has 10 heteroatoms. The van der Waals surface area contributed by atoms with Crippen LogP contribution in [0.3, 0.4) is 0 Å². The van der Waals surface area contributed by atoms with E-state index in [0.717, 1.165) is 23.9 Å². The normalized spacial score (nSPS) is 16.2. The summed E-state index contributed by atoms with van der Waals surface area (Å²) in [4.78, 5) is 34.3. The third-order valence-electron chi connectivity index (χ3n) is 2.92. The lowest BCUT2D eigenvalue weighted by Gasteiger charge is -2.12. The molecule has 0 bridgehead atoms. The van der Waals surface area contributed by atoms with Crippen molar-refractivity contribution in [2.75, 3.05) is 6.54 Å². The lowest BCUT2D eigenvalue weighted by Crippen LogP contribution is -2.30. The number of carbonyl (C=O) groups is 2. The maximum atomic E-state index is 12.2. The van der Waals surface area contributed by atoms with E-state index in [1.807, 2.05) is 0 Å². The van der Waals surface area contributed by atoms with Crippen LogP contribution in [-0.4, -0.2) is 42.8 Å². The largest absolute Gasteiger partial charge is 0.502 e. The highest BCUT2D eigenvalue weighted by Crippen LogP contribution is 2.34. The summed E-state index contributed by atoms with van der Waals surface area (Å²) in [6.07, 6.45) is 1.18. The van der Waals surface area contributed by atoms with Gasteiger partial charge in [0.25, 0.3) is 5.91 Å². The maximum Gasteiger partial charge on any atom is 0.311 e. The number of nitro groups is 1. The van der Waals surface area contributed by atoms with Crippen LogP contribution in [0.15, 0.2) is 23.1 Å². The molecule has 0 atom stereocenters. The Balaban J connectivity index is 2.25. The number of hydrogen-bond acceptors (Lipinski definition) is 7. The summed E-state index contributed by atoms with van der Waals surface area (Å²) in [7, 11) is 0. The molecule has 1 heterocycles. The summed E-state index contributed by atoms with van der Waals surface area (Å²) in [6, 6.07) is 3.72. The van der Waals surface area contributed by atoms with E-state index in [1.165, 1.54) is 17.0 Å². The predicted octanol–water partition coefficient (Wildman–Crippen LogP) is 1.98. The molecule has 1 amide bonds. The molecule has 1 fully saturated rings. The van der Waals surface area contributed by atoms with Crippen molar-refractivity contribution in [2.45, 2.75) is 6.42 Å². The second-order valence-electron chi connectivity index (χ2n) is 4.48. The van der Waals surface area contributed by atoms with Gasteiger partial charge in [-0.25, -0.2) is 0 Å². The second-order valence-corrected chi connectivity index (χ2v) is 6.16. The number of phenolic OH excluding ortho intramolecular Hbond substituents is 1. The Morgan fingerprint density at radius 1 is 1.48 bits per heavy atom. The first kappa shape index (κ1) is 16.9. The molecule has 1 aliphatic heterocycles. The SMILES string of the molecule is O=C(O)CCN1C(=O)C(=Cc2ccc(O)c([N+](=O)[O-])c2)SC1=S. The molecule has 1 aliphatic rings. The Bertz CT molecular complexity index is 746. The first-order valence-corrected chi connectivity index (χ1v) is 7.46. The maximum absolute atomic E-state index is 12.2. The fraction of sp³-hybridized carbons (Fsp3) is 0.154. The number of nitro benzene ring substituents is 1. The topological polar surface area (TPSA) is 121 Å². The van der Waals surface area contributed by atoms with Crippen LogP contribution >= 0.6 is 24.0 Å². The van der Waals surface area contributed by atoms with E-state index in [2.05, 4.69) is 0 Å². The molecule has 120 valence electrons. The van der Waals surface area contributed by atoms with Crippen molar-refractivity contribution in [2.24, 2.45) is 0 Å². The number of aromatic hydroxyl groups is 1. The summed E-state index contributed by atoms with van der Waals surface area (Å²) in [5.74, 6) is -1.96. The molecule has 1 aromatic carbocycles. The van der Waals surface area contributed by atoms with Gasteiger partial charge < -0.3 is 10.2 Å². The molecule has 2 rings (SSSR count). The average molecular weight is 354 g/mol. The third kappa shape index (κ3) is 3.85. The molecule has 1 saturated heterocycles. The zero-order chi connectivity index (χ0) is 17.1. The smallest absolute Gasteiger partial charge is 0.311 e. The zero-order valence-corrected chi connectivity index (χ0v) is 13.1. The number of rotatable bonds is 5. The summed E-state index contributed by atoms with van der Waals surface area (Å²) in [6.45, 7) is -0.0347. The molecule has 0 unspecified atom stereocenters. The van der Waals surface area contributed by atoms with Gasteiger partial charge in [-0.15, -0.1) is 0 Å². The Hall–Kier alpha value is -2.46. The number of amides is 1. The fourth-order valence-corrected chi connectivity index (χ4v) is 3.14. The number of nitrogens with zero attached hydrogens (tertiary/aromatic N) is 2. The van der Waals surface area contributed by atoms with Gasteiger partial charge in [-0.05, 0) is 17.7 Å². The lowest BCUT2D eigenvalue weighted by atomic mass is 10.1. The van der Waals surface area contributed by atoms with Gasteiger partial charge >= 0.3 is 11.7 Å². The van der Waals surface area contributed by atoms with Crippen molar-refractivity contribution in [1.82, 2.24) is 4.90 Å². The van der Waals surface area contributed by atoms with Crippen LogP contribution < -0.4 is 0 Å². The number of benzene rings is 1. The first-order valence-electron chi connectivity index (χ1n) is 6.24. The summed E-state index contributed by atoms with van der Waals surface area (Å²) < 4.78 is 0.232. The molecule has 23 heavy (non-hydrogen) atoms. The molecule has 0 aromatic heterocycles. The van der Waals surface area contributed by atoms with Gasteiger partial charge in [-0.2, -0.15) is 0 Å². The fourth-order valence-electron chi connectivity index (χ4n) is 1.83. The van der Waals surface area contributed by atoms with Gasteiger partial charge in [0.05, 0.1) is 16.2 Å². The first-order chi connectivity index (χ1) is 10.8. The Morgan fingerprint density at radius 2 is 2.17 bits per heavy atom. The van der Waals surface area contributed by atoms with Crippen LogP contribution in [0, 0.1) is 10.1 Å². The number of carbonyl (C=O) groups excluding carboxylic acids is 1. The average Bonchev–Trinajstić information content (AvgIpc) is 2.73. The lowest BCUT2D eigenvalue weighted by molar-refractivity contribution is -0.385. The molecule has 0 spiro atoms. The Morgan fingerprint density at radius 3 is 2.78 bits per heavy atom. The van der Waals surface area contributed by atoms with Crippen LogP contribution in [0.5, 0.6) is 5.75 Å². The standard InChI is InChI=1S/C13H10N2O6S2/c16-9-2-1-7(5-8(9)15(20)21)6-10-12(19)14(13(22)23-10)4-3-11(17)18/h1-2,5-6,16H,3-4H2,(H,17,18). The highest BCUT2D eigenvalue weighted by atomic mass is 32.2. The van der Waals surface area contributed by atoms with E-state index >= 15 is 0 Å². The minimum absolute atomic E-state index is 0.0347. The van der Waals surface area contributed by atoms with Gasteiger partial charge in [0.1, 0.15) is 4.32 Å². The van der Waals surface area contributed by atoms with E-state index in [4.69, 9.17) is 17.3 Å². The Kier molecular flexibility index (Phi) is 4.96. The molecular formula is C13H10N2O6S2. The van der Waals surface area contributed by atoms with Crippen molar-refractivity contribution in [3.63, 3.8) is 0 Å². The Labute approximate surface area is 139 Å². The van der Waals surface area contributed by atoms with Gasteiger partial charge in [0, 0.05) is 12.6 Å². The third-order valence-corrected chi connectivity index (χ3v) is 4.29. The van der Waals surface area contributed by atoms with E-state index in [0.29, 0.717) is 5.56 Å². The van der Waals surface area contributed by atoms with Crippen molar-refractivity contribution in [3.05, 3.63) is 38.8 Å². The number of hydrogen-bond donors (Lipinski definition) is 2. The molecule has 2 N–H and O–H groups in total. The molecule has 0 radical (unpaired) electrons. The number of thioether (sulfide) groups is 1. The number of carboxylic acids is 1. The van der Waals surface area contributed by atoms with Crippen LogP contribution in [0.1, 0.15) is 12.0 Å². The van der Waals surface area contributed by atoms with E-state index in [1.54, 1.807) is 0 Å². The molecule has 0 aliphatic carbocycles. The monoisotopic (exact) mass is 354 g/mol. The van der Waals surface area contributed by atoms with Gasteiger partial charge in [0.2, 0.25) is 0 Å². The summed E-state index contributed by atoms with van der Waals surface area (Å²) in [5.41, 5.74) is -0.117. The minimum Gasteiger partial charge on any atom is -0.502 e. The molecule has 1 aromatic rings.